The molecule has 0 aliphatic carbocycles. The first-order valence-corrected chi connectivity index (χ1v) is 10.3. The molecular weight excluding hydrogens is 410 g/mol. The molecule has 0 spiro atoms. The fourth-order valence-electron chi connectivity index (χ4n) is 3.04. The maximum Gasteiger partial charge on any atom is 0.244 e. The lowest BCUT2D eigenvalue weighted by Gasteiger charge is -2.09. The number of nitrogens with zero attached hydrogens (tertiary/aromatic N) is 1. The maximum absolute atomic E-state index is 12.2. The summed E-state index contributed by atoms with van der Waals surface area (Å²) in [5.74, 6) is -0.463. The Bertz CT molecular complexity index is 1090. The second kappa shape index (κ2) is 10.5. The number of rotatable bonds is 7. The third-order valence-electron chi connectivity index (χ3n) is 4.76. The molecule has 3 aromatic rings. The van der Waals surface area contributed by atoms with Gasteiger partial charge in [-0.05, 0) is 48.2 Å². The molecule has 0 radical (unpaired) electrons. The number of hydrazone groups is 1. The van der Waals surface area contributed by atoms with Gasteiger partial charge in [-0.2, -0.15) is 5.10 Å². The lowest BCUT2D eigenvalue weighted by atomic mass is 10.0. The number of anilines is 1. The molecule has 0 atom stereocenters. The van der Waals surface area contributed by atoms with Crippen molar-refractivity contribution in [2.45, 2.75) is 26.7 Å². The van der Waals surface area contributed by atoms with Gasteiger partial charge in [-0.3, -0.25) is 9.59 Å². The third-order valence-corrected chi connectivity index (χ3v) is 5.16. The Morgan fingerprint density at radius 2 is 1.55 bits per heavy atom. The lowest BCUT2D eigenvalue weighted by Crippen LogP contribution is -2.23. The molecule has 0 aliphatic rings. The summed E-state index contributed by atoms with van der Waals surface area (Å²) < 4.78 is 0. The summed E-state index contributed by atoms with van der Waals surface area (Å²) in [7, 11) is 0. The second-order valence-electron chi connectivity index (χ2n) is 7.26. The number of hydrogen-bond acceptors (Lipinski definition) is 3. The van der Waals surface area contributed by atoms with Crippen LogP contribution in [0.2, 0.25) is 5.02 Å². The Hall–Kier alpha value is -3.44. The van der Waals surface area contributed by atoms with E-state index in [1.807, 2.05) is 61.5 Å². The number of amides is 2. The minimum Gasteiger partial charge on any atom is -0.325 e. The SMILES string of the molecule is C/C(CC(=O)Nc1cccc(Cl)c1C)=N\NC(=O)Cc1ccc(-c2ccccc2)cc1. The van der Waals surface area contributed by atoms with E-state index in [0.717, 1.165) is 22.3 Å². The van der Waals surface area contributed by atoms with Gasteiger partial charge in [-0.15, -0.1) is 0 Å². The van der Waals surface area contributed by atoms with Gasteiger partial charge in [-0.25, -0.2) is 5.43 Å². The van der Waals surface area contributed by atoms with Gasteiger partial charge in [0.25, 0.3) is 0 Å². The van der Waals surface area contributed by atoms with Crippen LogP contribution in [0.3, 0.4) is 0 Å². The van der Waals surface area contributed by atoms with Crippen LogP contribution in [-0.4, -0.2) is 17.5 Å². The Kier molecular flexibility index (Phi) is 7.57. The quantitative estimate of drug-likeness (QED) is 0.388. The highest BCUT2D eigenvalue weighted by Crippen LogP contribution is 2.23. The second-order valence-corrected chi connectivity index (χ2v) is 7.67. The smallest absolute Gasteiger partial charge is 0.244 e. The van der Waals surface area contributed by atoms with E-state index in [1.54, 1.807) is 25.1 Å². The monoisotopic (exact) mass is 433 g/mol. The lowest BCUT2D eigenvalue weighted by molar-refractivity contribution is -0.120. The summed E-state index contributed by atoms with van der Waals surface area (Å²) in [4.78, 5) is 24.4. The van der Waals surface area contributed by atoms with Gasteiger partial charge in [0.15, 0.2) is 0 Å². The topological polar surface area (TPSA) is 70.6 Å². The zero-order valence-corrected chi connectivity index (χ0v) is 18.2. The molecule has 158 valence electrons. The van der Waals surface area contributed by atoms with Crippen molar-refractivity contribution in [1.82, 2.24) is 5.43 Å². The zero-order valence-electron chi connectivity index (χ0n) is 17.5. The first-order valence-electron chi connectivity index (χ1n) is 9.93. The standard InChI is InChI=1S/C25H24ClN3O2/c1-17(15-24(30)27-23-10-6-9-22(26)18(23)2)28-29-25(31)16-19-11-13-21(14-12-19)20-7-4-3-5-8-20/h3-14H,15-16H2,1-2H3,(H,27,30)(H,29,31)/b28-17+. The molecule has 0 fully saturated rings. The van der Waals surface area contributed by atoms with E-state index in [-0.39, 0.29) is 24.7 Å². The van der Waals surface area contributed by atoms with E-state index in [4.69, 9.17) is 11.6 Å². The van der Waals surface area contributed by atoms with Crippen LogP contribution in [-0.2, 0) is 16.0 Å². The van der Waals surface area contributed by atoms with E-state index in [1.165, 1.54) is 0 Å². The number of nitrogens with one attached hydrogen (secondary N) is 2. The fraction of sp³-hybridized carbons (Fsp3) is 0.160. The molecule has 3 aromatic carbocycles. The predicted octanol–water partition coefficient (Wildman–Crippen LogP) is 5.38. The van der Waals surface area contributed by atoms with Crippen molar-refractivity contribution >= 4 is 34.8 Å². The molecule has 0 aliphatic heterocycles. The predicted molar refractivity (Wildman–Crippen MR) is 126 cm³/mol. The molecule has 2 N–H and O–H groups in total. The number of carbonyl (C=O) groups is 2. The van der Waals surface area contributed by atoms with Crippen molar-refractivity contribution in [1.29, 1.82) is 0 Å². The van der Waals surface area contributed by atoms with E-state index < -0.39 is 0 Å². The summed E-state index contributed by atoms with van der Waals surface area (Å²) in [6.07, 6.45) is 0.276. The molecule has 0 aromatic heterocycles. The van der Waals surface area contributed by atoms with Crippen LogP contribution in [0.4, 0.5) is 5.69 Å². The maximum atomic E-state index is 12.2. The summed E-state index contributed by atoms with van der Waals surface area (Å²) in [5, 5.41) is 7.44. The summed E-state index contributed by atoms with van der Waals surface area (Å²) in [6, 6.07) is 23.2. The van der Waals surface area contributed by atoms with Crippen molar-refractivity contribution in [3.05, 3.63) is 88.9 Å². The first-order chi connectivity index (χ1) is 14.9. The van der Waals surface area contributed by atoms with Crippen LogP contribution in [0.1, 0.15) is 24.5 Å². The normalized spacial score (nSPS) is 11.1. The van der Waals surface area contributed by atoms with Gasteiger partial charge < -0.3 is 5.32 Å². The van der Waals surface area contributed by atoms with Crippen LogP contribution in [0, 0.1) is 6.92 Å². The Morgan fingerprint density at radius 1 is 0.871 bits per heavy atom. The van der Waals surface area contributed by atoms with Crippen LogP contribution in [0.15, 0.2) is 77.9 Å². The number of hydrogen-bond donors (Lipinski definition) is 2. The Balaban J connectivity index is 1.50. The van der Waals surface area contributed by atoms with Crippen molar-refractivity contribution in [3.8, 4) is 11.1 Å². The minimum atomic E-state index is -0.238. The van der Waals surface area contributed by atoms with Crippen molar-refractivity contribution in [3.63, 3.8) is 0 Å². The van der Waals surface area contributed by atoms with E-state index in [9.17, 15) is 9.59 Å². The van der Waals surface area contributed by atoms with Crippen molar-refractivity contribution in [2.24, 2.45) is 5.10 Å². The molecule has 0 bridgehead atoms. The first kappa shape index (κ1) is 22.2. The van der Waals surface area contributed by atoms with Gasteiger partial charge in [-0.1, -0.05) is 72.3 Å². The van der Waals surface area contributed by atoms with Gasteiger partial charge in [0.1, 0.15) is 0 Å². The molecule has 0 saturated carbocycles. The summed E-state index contributed by atoms with van der Waals surface area (Å²) in [5.41, 5.74) is 7.60. The highest BCUT2D eigenvalue weighted by Gasteiger charge is 2.09. The Morgan fingerprint density at radius 3 is 2.26 bits per heavy atom. The molecular formula is C25H24ClN3O2. The number of carbonyl (C=O) groups excluding carboxylic acids is 2. The fourth-order valence-corrected chi connectivity index (χ4v) is 3.21. The zero-order chi connectivity index (χ0) is 22.2. The number of halogens is 1. The average Bonchev–Trinajstić information content (AvgIpc) is 2.77. The van der Waals surface area contributed by atoms with E-state index in [0.29, 0.717) is 16.4 Å². The summed E-state index contributed by atoms with van der Waals surface area (Å²) >= 11 is 6.07. The van der Waals surface area contributed by atoms with Crippen LogP contribution < -0.4 is 10.7 Å². The van der Waals surface area contributed by atoms with E-state index in [2.05, 4.69) is 15.8 Å². The molecule has 0 saturated heterocycles. The molecule has 0 unspecified atom stereocenters. The molecule has 2 amide bonds. The van der Waals surface area contributed by atoms with Crippen LogP contribution >= 0.6 is 11.6 Å². The largest absolute Gasteiger partial charge is 0.325 e. The summed E-state index contributed by atoms with van der Waals surface area (Å²) in [6.45, 7) is 3.53. The highest BCUT2D eigenvalue weighted by atomic mass is 35.5. The van der Waals surface area contributed by atoms with Crippen molar-refractivity contribution < 1.29 is 9.59 Å². The third kappa shape index (κ3) is 6.52. The van der Waals surface area contributed by atoms with Gasteiger partial charge in [0.2, 0.25) is 11.8 Å². The molecule has 31 heavy (non-hydrogen) atoms. The van der Waals surface area contributed by atoms with Crippen molar-refractivity contribution in [2.75, 3.05) is 5.32 Å². The van der Waals surface area contributed by atoms with Crippen LogP contribution in [0.25, 0.3) is 11.1 Å². The van der Waals surface area contributed by atoms with Gasteiger partial charge in [0.05, 0.1) is 12.8 Å². The molecule has 5 nitrogen and oxygen atoms in total. The Labute approximate surface area is 187 Å². The minimum absolute atomic E-state index is 0.0675. The van der Waals surface area contributed by atoms with E-state index >= 15 is 0 Å². The molecule has 6 heteroatoms. The van der Waals surface area contributed by atoms with Gasteiger partial charge in [0, 0.05) is 16.4 Å². The molecule has 3 rings (SSSR count). The average molecular weight is 434 g/mol. The number of benzene rings is 3. The highest BCUT2D eigenvalue weighted by molar-refractivity contribution is 6.31. The van der Waals surface area contributed by atoms with Crippen LogP contribution in [0.5, 0.6) is 0 Å². The van der Waals surface area contributed by atoms with Gasteiger partial charge >= 0.3 is 0 Å². The molecule has 0 heterocycles.